The minimum atomic E-state index is -4.49. The van der Waals surface area contributed by atoms with Crippen LogP contribution in [0.15, 0.2) is 24.3 Å². The molecule has 0 aliphatic heterocycles. The Labute approximate surface area is 119 Å². The van der Waals surface area contributed by atoms with E-state index in [1.165, 1.54) is 12.1 Å². The van der Waals surface area contributed by atoms with Crippen LogP contribution in [0.4, 0.5) is 18.9 Å². The number of anilines is 1. The molecular weight excluding hydrogens is 285 g/mol. The summed E-state index contributed by atoms with van der Waals surface area (Å²) in [6.07, 6.45) is -0.849. The molecule has 1 aliphatic carbocycles. The number of alkyl halides is 3. The summed E-state index contributed by atoms with van der Waals surface area (Å²) < 4.78 is 37.6. The molecule has 0 bridgehead atoms. The molecule has 1 fully saturated rings. The largest absolute Gasteiger partial charge is 0.416 e. The van der Waals surface area contributed by atoms with Crippen LogP contribution in [0.25, 0.3) is 0 Å². The number of carbonyl (C=O) groups excluding carboxylic acids is 2. The number of amides is 2. The van der Waals surface area contributed by atoms with E-state index in [4.69, 9.17) is 0 Å². The van der Waals surface area contributed by atoms with Gasteiger partial charge in [0.05, 0.1) is 5.56 Å². The Balaban J connectivity index is 1.97. The van der Waals surface area contributed by atoms with Crippen LogP contribution < -0.4 is 10.6 Å². The van der Waals surface area contributed by atoms with Gasteiger partial charge in [0.2, 0.25) is 0 Å². The lowest BCUT2D eigenvalue weighted by molar-refractivity contribution is -0.137. The Morgan fingerprint density at radius 3 is 2.38 bits per heavy atom. The van der Waals surface area contributed by atoms with Crippen LogP contribution in [0.3, 0.4) is 0 Å². The third-order valence-electron chi connectivity index (χ3n) is 3.34. The summed E-state index contributed by atoms with van der Waals surface area (Å²) in [4.78, 5) is 23.3. The quantitative estimate of drug-likeness (QED) is 0.825. The molecule has 7 heteroatoms. The Hall–Kier alpha value is -2.05. The van der Waals surface area contributed by atoms with Crippen LogP contribution in [0.2, 0.25) is 0 Å². The highest BCUT2D eigenvalue weighted by Gasteiger charge is 2.30. The van der Waals surface area contributed by atoms with Crippen LogP contribution in [0, 0.1) is 0 Å². The average Bonchev–Trinajstić information content (AvgIpc) is 2.91. The van der Waals surface area contributed by atoms with Crippen molar-refractivity contribution in [2.45, 2.75) is 37.9 Å². The van der Waals surface area contributed by atoms with Crippen LogP contribution in [0.5, 0.6) is 0 Å². The lowest BCUT2D eigenvalue weighted by atomic mass is 10.2. The predicted octanol–water partition coefficient (Wildman–Crippen LogP) is 2.70. The van der Waals surface area contributed by atoms with E-state index in [0.29, 0.717) is 0 Å². The molecule has 0 heterocycles. The second-order valence-electron chi connectivity index (χ2n) is 4.99. The number of nitrogens with one attached hydrogen (secondary N) is 2. The molecule has 0 atom stereocenters. The lowest BCUT2D eigenvalue weighted by Crippen LogP contribution is -2.40. The second-order valence-corrected chi connectivity index (χ2v) is 4.99. The first-order chi connectivity index (χ1) is 9.86. The van der Waals surface area contributed by atoms with Gasteiger partial charge in [-0.15, -0.1) is 0 Å². The average molecular weight is 300 g/mol. The van der Waals surface area contributed by atoms with Crippen LogP contribution in [-0.2, 0) is 15.8 Å². The zero-order valence-electron chi connectivity index (χ0n) is 11.2. The van der Waals surface area contributed by atoms with Gasteiger partial charge in [-0.05, 0) is 31.0 Å². The molecule has 2 amide bonds. The lowest BCUT2D eigenvalue weighted by Gasteiger charge is -2.12. The standard InChI is InChI=1S/C14H15F3N2O2/c15-14(16,17)9-4-3-7-11(8-9)19-13(21)12(20)18-10-5-1-2-6-10/h3-4,7-8,10H,1-2,5-6H2,(H,18,20)(H,19,21). The smallest absolute Gasteiger partial charge is 0.345 e. The molecule has 1 saturated carbocycles. The third kappa shape index (κ3) is 4.21. The minimum absolute atomic E-state index is 0.0234. The molecule has 0 radical (unpaired) electrons. The van der Waals surface area contributed by atoms with Gasteiger partial charge >= 0.3 is 18.0 Å². The van der Waals surface area contributed by atoms with E-state index in [-0.39, 0.29) is 11.7 Å². The SMILES string of the molecule is O=C(Nc1cccc(C(F)(F)F)c1)C(=O)NC1CCCC1. The Bertz CT molecular complexity index is 537. The first-order valence-electron chi connectivity index (χ1n) is 6.65. The van der Waals surface area contributed by atoms with Gasteiger partial charge in [0.1, 0.15) is 0 Å². The van der Waals surface area contributed by atoms with E-state index >= 15 is 0 Å². The number of hydrogen-bond acceptors (Lipinski definition) is 2. The highest BCUT2D eigenvalue weighted by Crippen LogP contribution is 2.30. The normalized spacial score (nSPS) is 15.8. The first kappa shape index (κ1) is 15.3. The van der Waals surface area contributed by atoms with Gasteiger partial charge < -0.3 is 10.6 Å². The molecule has 1 aliphatic rings. The molecule has 0 saturated heterocycles. The van der Waals surface area contributed by atoms with Gasteiger partial charge in [-0.25, -0.2) is 0 Å². The van der Waals surface area contributed by atoms with Crippen molar-refractivity contribution in [3.63, 3.8) is 0 Å². The Kier molecular flexibility index (Phi) is 4.50. The molecule has 2 rings (SSSR count). The predicted molar refractivity (Wildman–Crippen MR) is 70.5 cm³/mol. The van der Waals surface area contributed by atoms with E-state index in [0.717, 1.165) is 37.8 Å². The fraction of sp³-hybridized carbons (Fsp3) is 0.429. The minimum Gasteiger partial charge on any atom is -0.345 e. The van der Waals surface area contributed by atoms with E-state index in [1.807, 2.05) is 0 Å². The van der Waals surface area contributed by atoms with Gasteiger partial charge in [-0.1, -0.05) is 18.9 Å². The van der Waals surface area contributed by atoms with Crippen LogP contribution in [-0.4, -0.2) is 17.9 Å². The van der Waals surface area contributed by atoms with Crippen molar-refractivity contribution in [1.82, 2.24) is 5.32 Å². The van der Waals surface area contributed by atoms with Gasteiger partial charge in [-0.3, -0.25) is 9.59 Å². The zero-order chi connectivity index (χ0) is 15.5. The third-order valence-corrected chi connectivity index (χ3v) is 3.34. The maximum absolute atomic E-state index is 12.5. The van der Waals surface area contributed by atoms with E-state index in [2.05, 4.69) is 10.6 Å². The number of halogens is 3. The summed E-state index contributed by atoms with van der Waals surface area (Å²) in [5, 5.41) is 4.75. The fourth-order valence-corrected chi connectivity index (χ4v) is 2.28. The van der Waals surface area contributed by atoms with Crippen LogP contribution >= 0.6 is 0 Å². The highest BCUT2D eigenvalue weighted by molar-refractivity contribution is 6.39. The van der Waals surface area contributed by atoms with Gasteiger partial charge in [0, 0.05) is 11.7 Å². The van der Waals surface area contributed by atoms with Gasteiger partial charge in [0.25, 0.3) is 0 Å². The van der Waals surface area contributed by atoms with Crippen molar-refractivity contribution in [2.75, 3.05) is 5.32 Å². The Morgan fingerprint density at radius 1 is 1.10 bits per heavy atom. The summed E-state index contributed by atoms with van der Waals surface area (Å²) in [6.45, 7) is 0. The summed E-state index contributed by atoms with van der Waals surface area (Å²) in [5.74, 6) is -1.78. The molecule has 0 unspecified atom stereocenters. The molecule has 0 aromatic heterocycles. The Morgan fingerprint density at radius 2 is 1.76 bits per heavy atom. The summed E-state index contributed by atoms with van der Waals surface area (Å²) in [6, 6.07) is 4.14. The van der Waals surface area contributed by atoms with E-state index < -0.39 is 23.6 Å². The number of carbonyl (C=O) groups is 2. The van der Waals surface area contributed by atoms with Crippen LogP contribution in [0.1, 0.15) is 31.2 Å². The number of rotatable bonds is 2. The van der Waals surface area contributed by atoms with Crippen molar-refractivity contribution in [1.29, 1.82) is 0 Å². The fourth-order valence-electron chi connectivity index (χ4n) is 2.28. The van der Waals surface area contributed by atoms with Gasteiger partial charge in [-0.2, -0.15) is 13.2 Å². The summed E-state index contributed by atoms with van der Waals surface area (Å²) in [5.41, 5.74) is -0.937. The van der Waals surface area contributed by atoms with Crippen molar-refractivity contribution in [3.8, 4) is 0 Å². The molecule has 2 N–H and O–H groups in total. The summed E-state index contributed by atoms with van der Waals surface area (Å²) in [7, 11) is 0. The molecule has 0 spiro atoms. The molecule has 21 heavy (non-hydrogen) atoms. The topological polar surface area (TPSA) is 58.2 Å². The van der Waals surface area contributed by atoms with Crippen molar-refractivity contribution >= 4 is 17.5 Å². The van der Waals surface area contributed by atoms with E-state index in [9.17, 15) is 22.8 Å². The van der Waals surface area contributed by atoms with Gasteiger partial charge in [0.15, 0.2) is 0 Å². The molecule has 1 aromatic rings. The molecular formula is C14H15F3N2O2. The summed E-state index contributed by atoms with van der Waals surface area (Å²) >= 11 is 0. The zero-order valence-corrected chi connectivity index (χ0v) is 11.2. The van der Waals surface area contributed by atoms with Crippen molar-refractivity contribution in [3.05, 3.63) is 29.8 Å². The monoisotopic (exact) mass is 300 g/mol. The molecule has 1 aromatic carbocycles. The second kappa shape index (κ2) is 6.15. The molecule has 114 valence electrons. The van der Waals surface area contributed by atoms with Crippen molar-refractivity contribution < 1.29 is 22.8 Å². The maximum atomic E-state index is 12.5. The number of hydrogen-bond donors (Lipinski definition) is 2. The first-order valence-corrected chi connectivity index (χ1v) is 6.65. The molecule has 4 nitrogen and oxygen atoms in total. The maximum Gasteiger partial charge on any atom is 0.416 e. The van der Waals surface area contributed by atoms with E-state index in [1.54, 1.807) is 0 Å². The highest BCUT2D eigenvalue weighted by atomic mass is 19.4. The number of benzene rings is 1. The van der Waals surface area contributed by atoms with Crippen molar-refractivity contribution in [2.24, 2.45) is 0 Å².